The van der Waals surface area contributed by atoms with Crippen molar-refractivity contribution in [1.82, 2.24) is 0 Å². The van der Waals surface area contributed by atoms with Crippen LogP contribution >= 0.6 is 0 Å². The van der Waals surface area contributed by atoms with Crippen LogP contribution in [-0.2, 0) is 11.2 Å². The molecule has 0 bridgehead atoms. The second-order valence-corrected chi connectivity index (χ2v) is 5.47. The van der Waals surface area contributed by atoms with Gasteiger partial charge in [-0.1, -0.05) is 24.3 Å². The van der Waals surface area contributed by atoms with Gasteiger partial charge in [0.15, 0.2) is 11.5 Å². The molecule has 0 fully saturated rings. The number of amides is 1. The topological polar surface area (TPSA) is 47.6 Å². The van der Waals surface area contributed by atoms with E-state index in [1.165, 1.54) is 0 Å². The lowest BCUT2D eigenvalue weighted by Gasteiger charge is -2.12. The number of nitrogens with one attached hydrogen (secondary N) is 1. The zero-order valence-corrected chi connectivity index (χ0v) is 13.0. The normalized spacial score (nSPS) is 16.1. The summed E-state index contributed by atoms with van der Waals surface area (Å²) in [5.41, 5.74) is 4.17. The van der Waals surface area contributed by atoms with Gasteiger partial charge >= 0.3 is 0 Å². The molecule has 0 aromatic heterocycles. The van der Waals surface area contributed by atoms with Crippen molar-refractivity contribution in [2.45, 2.75) is 19.3 Å². The SMILES string of the molecule is COc1ccc(C[C@@H]2C(=O)Nc3c(C)cccc32)cc1OC. The average molecular weight is 297 g/mol. The summed E-state index contributed by atoms with van der Waals surface area (Å²) >= 11 is 0. The zero-order valence-electron chi connectivity index (χ0n) is 13.0. The summed E-state index contributed by atoms with van der Waals surface area (Å²) in [4.78, 5) is 12.3. The molecule has 0 unspecified atom stereocenters. The smallest absolute Gasteiger partial charge is 0.232 e. The van der Waals surface area contributed by atoms with E-state index in [0.717, 1.165) is 22.4 Å². The van der Waals surface area contributed by atoms with Crippen molar-refractivity contribution < 1.29 is 14.3 Å². The number of carbonyl (C=O) groups is 1. The molecule has 0 radical (unpaired) electrons. The fraction of sp³-hybridized carbons (Fsp3) is 0.278. The summed E-state index contributed by atoms with van der Waals surface area (Å²) in [5.74, 6) is 1.27. The van der Waals surface area contributed by atoms with Gasteiger partial charge in [0, 0.05) is 5.69 Å². The number of fused-ring (bicyclic) bond motifs is 1. The summed E-state index contributed by atoms with van der Waals surface area (Å²) in [5, 5.41) is 2.99. The number of anilines is 1. The first-order chi connectivity index (χ1) is 10.6. The van der Waals surface area contributed by atoms with E-state index in [9.17, 15) is 4.79 Å². The third-order valence-electron chi connectivity index (χ3n) is 4.13. The highest BCUT2D eigenvalue weighted by molar-refractivity contribution is 6.03. The molecule has 1 N–H and O–H groups in total. The van der Waals surface area contributed by atoms with Crippen molar-refractivity contribution in [3.63, 3.8) is 0 Å². The lowest BCUT2D eigenvalue weighted by Crippen LogP contribution is -2.14. The number of aryl methyl sites for hydroxylation is 1. The van der Waals surface area contributed by atoms with Gasteiger partial charge in [0.25, 0.3) is 0 Å². The number of para-hydroxylation sites is 1. The summed E-state index contributed by atoms with van der Waals surface area (Å²) in [6.45, 7) is 2.01. The second-order valence-electron chi connectivity index (χ2n) is 5.47. The Bertz CT molecular complexity index is 724. The van der Waals surface area contributed by atoms with Crippen LogP contribution in [0.4, 0.5) is 5.69 Å². The summed E-state index contributed by atoms with van der Waals surface area (Å²) < 4.78 is 10.6. The van der Waals surface area contributed by atoms with Crippen LogP contribution in [0.5, 0.6) is 11.5 Å². The van der Waals surface area contributed by atoms with Gasteiger partial charge in [0.05, 0.1) is 20.1 Å². The van der Waals surface area contributed by atoms with E-state index in [-0.39, 0.29) is 11.8 Å². The Morgan fingerprint density at radius 3 is 2.59 bits per heavy atom. The molecule has 22 heavy (non-hydrogen) atoms. The van der Waals surface area contributed by atoms with E-state index >= 15 is 0 Å². The van der Waals surface area contributed by atoms with Crippen LogP contribution in [0.15, 0.2) is 36.4 Å². The number of methoxy groups -OCH3 is 2. The first-order valence-electron chi connectivity index (χ1n) is 7.25. The molecule has 1 aliphatic rings. The van der Waals surface area contributed by atoms with Gasteiger partial charge in [-0.3, -0.25) is 4.79 Å². The third kappa shape index (κ3) is 2.41. The van der Waals surface area contributed by atoms with Crippen LogP contribution in [0, 0.1) is 6.92 Å². The highest BCUT2D eigenvalue weighted by Crippen LogP contribution is 2.38. The van der Waals surface area contributed by atoms with Crippen molar-refractivity contribution >= 4 is 11.6 Å². The Hall–Kier alpha value is -2.49. The number of carbonyl (C=O) groups excluding carboxylic acids is 1. The van der Waals surface area contributed by atoms with Crippen molar-refractivity contribution in [1.29, 1.82) is 0 Å². The van der Waals surface area contributed by atoms with Gasteiger partial charge in [-0.05, 0) is 42.2 Å². The van der Waals surface area contributed by atoms with Crippen molar-refractivity contribution in [2.24, 2.45) is 0 Å². The Labute approximate surface area is 130 Å². The maximum atomic E-state index is 12.3. The Kier molecular flexibility index (Phi) is 3.75. The Morgan fingerprint density at radius 2 is 1.86 bits per heavy atom. The Morgan fingerprint density at radius 1 is 1.09 bits per heavy atom. The second kappa shape index (κ2) is 5.72. The standard InChI is InChI=1S/C18H19NO3/c1-11-5-4-6-13-14(18(20)19-17(11)13)9-12-7-8-15(21-2)16(10-12)22-3/h4-8,10,14H,9H2,1-3H3,(H,19,20)/t14-/m0/s1. The van der Waals surface area contributed by atoms with Crippen molar-refractivity contribution in [3.8, 4) is 11.5 Å². The third-order valence-corrected chi connectivity index (χ3v) is 4.13. The maximum absolute atomic E-state index is 12.3. The summed E-state index contributed by atoms with van der Waals surface area (Å²) in [6, 6.07) is 11.8. The van der Waals surface area contributed by atoms with Gasteiger partial charge in [-0.2, -0.15) is 0 Å². The molecule has 2 aromatic carbocycles. The monoisotopic (exact) mass is 297 g/mol. The van der Waals surface area contributed by atoms with Gasteiger partial charge < -0.3 is 14.8 Å². The minimum absolute atomic E-state index is 0.0547. The summed E-state index contributed by atoms with van der Waals surface area (Å²) in [6.07, 6.45) is 0.642. The first-order valence-corrected chi connectivity index (χ1v) is 7.25. The highest BCUT2D eigenvalue weighted by atomic mass is 16.5. The predicted octanol–water partition coefficient (Wildman–Crippen LogP) is 3.29. The van der Waals surface area contributed by atoms with Crippen LogP contribution < -0.4 is 14.8 Å². The molecule has 4 nitrogen and oxygen atoms in total. The van der Waals surface area contributed by atoms with E-state index in [0.29, 0.717) is 17.9 Å². The molecular formula is C18H19NO3. The van der Waals surface area contributed by atoms with Crippen LogP contribution in [0.25, 0.3) is 0 Å². The lowest BCUT2D eigenvalue weighted by molar-refractivity contribution is -0.117. The molecular weight excluding hydrogens is 278 g/mol. The number of hydrogen-bond acceptors (Lipinski definition) is 3. The van der Waals surface area contributed by atoms with E-state index in [4.69, 9.17) is 9.47 Å². The molecule has 0 saturated carbocycles. The number of benzene rings is 2. The lowest BCUT2D eigenvalue weighted by atomic mass is 9.92. The predicted molar refractivity (Wildman–Crippen MR) is 85.8 cm³/mol. The molecule has 2 aromatic rings. The number of rotatable bonds is 4. The van der Waals surface area contributed by atoms with E-state index in [2.05, 4.69) is 5.32 Å². The average Bonchev–Trinajstić information content (AvgIpc) is 2.85. The minimum Gasteiger partial charge on any atom is -0.493 e. The largest absolute Gasteiger partial charge is 0.493 e. The molecule has 0 saturated heterocycles. The molecule has 3 rings (SSSR count). The zero-order chi connectivity index (χ0) is 15.7. The molecule has 1 heterocycles. The Balaban J connectivity index is 1.91. The van der Waals surface area contributed by atoms with Gasteiger partial charge in [0.2, 0.25) is 5.91 Å². The maximum Gasteiger partial charge on any atom is 0.232 e. The quantitative estimate of drug-likeness (QED) is 0.942. The van der Waals surface area contributed by atoms with Crippen molar-refractivity contribution in [3.05, 3.63) is 53.1 Å². The molecule has 1 amide bonds. The van der Waals surface area contributed by atoms with E-state index in [1.54, 1.807) is 14.2 Å². The minimum atomic E-state index is -0.159. The molecule has 0 spiro atoms. The summed E-state index contributed by atoms with van der Waals surface area (Å²) in [7, 11) is 3.23. The molecule has 1 atom stereocenters. The van der Waals surface area contributed by atoms with Crippen LogP contribution in [0.2, 0.25) is 0 Å². The van der Waals surface area contributed by atoms with Gasteiger partial charge in [-0.25, -0.2) is 0 Å². The number of hydrogen-bond donors (Lipinski definition) is 1. The van der Waals surface area contributed by atoms with Crippen LogP contribution in [0.3, 0.4) is 0 Å². The molecule has 114 valence electrons. The molecule has 1 aliphatic heterocycles. The fourth-order valence-electron chi connectivity index (χ4n) is 2.95. The van der Waals surface area contributed by atoms with Crippen molar-refractivity contribution in [2.75, 3.05) is 19.5 Å². The number of ether oxygens (including phenoxy) is 2. The van der Waals surface area contributed by atoms with Gasteiger partial charge in [-0.15, -0.1) is 0 Å². The van der Waals surface area contributed by atoms with E-state index < -0.39 is 0 Å². The van der Waals surface area contributed by atoms with Crippen LogP contribution in [0.1, 0.15) is 22.6 Å². The van der Waals surface area contributed by atoms with Crippen LogP contribution in [-0.4, -0.2) is 20.1 Å². The fourth-order valence-corrected chi connectivity index (χ4v) is 2.95. The molecule has 4 heteroatoms. The first kappa shape index (κ1) is 14.4. The van der Waals surface area contributed by atoms with E-state index in [1.807, 2.05) is 43.3 Å². The molecule has 0 aliphatic carbocycles. The van der Waals surface area contributed by atoms with Gasteiger partial charge in [0.1, 0.15) is 0 Å². The highest BCUT2D eigenvalue weighted by Gasteiger charge is 2.31.